The average molecular weight is 387 g/mol. The number of fused-ring (bicyclic) bond motifs is 1. The average Bonchev–Trinajstić information content (AvgIpc) is 2.84. The predicted octanol–water partition coefficient (Wildman–Crippen LogP) is 1.86. The molecule has 0 spiro atoms. The molecular weight excluding hydrogens is 344 g/mol. The summed E-state index contributed by atoms with van der Waals surface area (Å²) in [6.45, 7) is -0.401. The van der Waals surface area contributed by atoms with E-state index in [4.69, 9.17) is 16.4 Å². The first kappa shape index (κ1) is 9.82. The number of aliphatic hydroxyl groups is 1. The summed E-state index contributed by atoms with van der Waals surface area (Å²) in [6.07, 6.45) is -7.23. The Kier molecular flexibility index (Phi) is 3.15. The molecule has 0 saturated carbocycles. The first-order valence-electron chi connectivity index (χ1n) is 14.2. The summed E-state index contributed by atoms with van der Waals surface area (Å²) in [7, 11) is 1.06. The van der Waals surface area contributed by atoms with Crippen molar-refractivity contribution in [3.8, 4) is 0 Å². The maximum atomic E-state index is 13.4. The van der Waals surface area contributed by atoms with Crippen LogP contribution >= 0.6 is 0 Å². The van der Waals surface area contributed by atoms with Gasteiger partial charge in [-0.2, -0.15) is 0 Å². The van der Waals surface area contributed by atoms with Gasteiger partial charge < -0.3 is 15.3 Å². The van der Waals surface area contributed by atoms with Crippen LogP contribution in [0.15, 0.2) is 24.2 Å². The Balaban J connectivity index is 2.57. The van der Waals surface area contributed by atoms with E-state index in [-0.39, 0.29) is 0 Å². The molecule has 0 bridgehead atoms. The Morgan fingerprint density at radius 2 is 2.19 bits per heavy atom. The molecule has 1 aromatic rings. The first-order chi connectivity index (χ1) is 17.3. The van der Waals surface area contributed by atoms with E-state index >= 15 is 0 Å². The minimum Gasteiger partial charge on any atom is -0.385 e. The number of Topliss-reactive ketones (excluding diaryl/α,β-unsaturated/α-hetero) is 1. The Labute approximate surface area is 177 Å². The molecular formula is C21H30N2O4. The van der Waals surface area contributed by atoms with Gasteiger partial charge in [-0.15, -0.1) is 0 Å². The Morgan fingerprint density at radius 1 is 1.52 bits per heavy atom. The lowest BCUT2D eigenvalue weighted by molar-refractivity contribution is -0.138. The van der Waals surface area contributed by atoms with Gasteiger partial charge in [-0.05, 0) is 30.3 Å². The maximum absolute atomic E-state index is 13.4. The van der Waals surface area contributed by atoms with Gasteiger partial charge >= 0.3 is 0 Å². The van der Waals surface area contributed by atoms with E-state index in [1.165, 1.54) is 0 Å². The Hall–Kier alpha value is -2.21. The van der Waals surface area contributed by atoms with Crippen LogP contribution in [-0.4, -0.2) is 46.7 Å². The molecule has 0 radical (unpaired) electrons. The molecule has 5 atom stereocenters. The number of likely N-dealkylation sites (N-methyl/N-ethyl adjacent to an activating group) is 1. The molecule has 0 aromatic heterocycles. The summed E-state index contributed by atoms with van der Waals surface area (Å²) in [5, 5.41) is 12.5. The van der Waals surface area contributed by atoms with Crippen LogP contribution in [0.3, 0.4) is 0 Å². The molecule has 2 rings (SSSR count). The topological polar surface area (TPSA) is 86.7 Å². The summed E-state index contributed by atoms with van der Waals surface area (Å²) in [6, 6.07) is -7.63. The fourth-order valence-corrected chi connectivity index (χ4v) is 2.48. The number of benzene rings is 1. The van der Waals surface area contributed by atoms with Gasteiger partial charge in [0.25, 0.3) is 0 Å². The van der Waals surface area contributed by atoms with Crippen LogP contribution < -0.4 is 5.32 Å². The molecule has 1 aliphatic rings. The normalized spacial score (nSPS) is 36.9. The molecule has 6 nitrogen and oxygen atoms in total. The largest absolute Gasteiger partial charge is 0.385 e. The molecule has 1 aliphatic heterocycles. The van der Waals surface area contributed by atoms with Gasteiger partial charge in [0.15, 0.2) is 5.78 Å². The number of rotatable bonds is 6. The van der Waals surface area contributed by atoms with E-state index in [0.717, 1.165) is 20.9 Å². The van der Waals surface area contributed by atoms with Crippen molar-refractivity contribution in [1.82, 2.24) is 10.2 Å². The van der Waals surface area contributed by atoms with Gasteiger partial charge in [0, 0.05) is 33.6 Å². The molecule has 27 heavy (non-hydrogen) atoms. The molecule has 1 heterocycles. The van der Waals surface area contributed by atoms with Gasteiger partial charge in [0.2, 0.25) is 11.8 Å². The van der Waals surface area contributed by atoms with Gasteiger partial charge in [-0.1, -0.05) is 44.9 Å². The predicted molar refractivity (Wildman–Crippen MR) is 103 cm³/mol. The van der Waals surface area contributed by atoms with Crippen molar-refractivity contribution < 1.29 is 35.9 Å². The lowest BCUT2D eigenvalue weighted by Gasteiger charge is -2.26. The van der Waals surface area contributed by atoms with E-state index in [1.807, 2.05) is 0 Å². The second-order valence-electron chi connectivity index (χ2n) is 6.34. The minimum absolute atomic E-state index is 0.608. The summed E-state index contributed by atoms with van der Waals surface area (Å²) < 4.78 is 96.2. The fourth-order valence-electron chi connectivity index (χ4n) is 2.48. The molecule has 0 fully saturated rings. The van der Waals surface area contributed by atoms with E-state index < -0.39 is 102 Å². The molecule has 2 amide bonds. The zero-order valence-electron chi connectivity index (χ0n) is 27.5. The summed E-state index contributed by atoms with van der Waals surface area (Å²) >= 11 is 0. The van der Waals surface area contributed by atoms with Crippen molar-refractivity contribution in [3.05, 3.63) is 35.3 Å². The van der Waals surface area contributed by atoms with E-state index in [0.29, 0.717) is 11.8 Å². The number of carbonyl (C=O) groups excluding carboxylic acids is 3. The van der Waals surface area contributed by atoms with Gasteiger partial charge in [-0.3, -0.25) is 14.4 Å². The van der Waals surface area contributed by atoms with Crippen LogP contribution in [0.25, 0.3) is 0 Å². The fraction of sp³-hybridized carbons (Fsp3) is 0.571. The van der Waals surface area contributed by atoms with E-state index in [1.54, 1.807) is 0 Å². The minimum atomic E-state index is -3.44. The molecule has 6 heteroatoms. The van der Waals surface area contributed by atoms with Crippen molar-refractivity contribution >= 4 is 17.6 Å². The molecule has 2 N–H and O–H groups in total. The van der Waals surface area contributed by atoms with Gasteiger partial charge in [-0.25, -0.2) is 0 Å². The zero-order valence-corrected chi connectivity index (χ0v) is 15.5. The summed E-state index contributed by atoms with van der Waals surface area (Å²) in [5.74, 6) is -8.06. The summed E-state index contributed by atoms with van der Waals surface area (Å²) in [5.41, 5.74) is -1.32. The third kappa shape index (κ3) is 4.75. The first-order valence-corrected chi connectivity index (χ1v) is 8.22. The lowest BCUT2D eigenvalue weighted by atomic mass is 9.94. The highest BCUT2D eigenvalue weighted by Crippen LogP contribution is 2.27. The number of nitrogens with one attached hydrogen (secondary N) is 1. The van der Waals surface area contributed by atoms with Crippen molar-refractivity contribution in [2.24, 2.45) is 11.8 Å². The highest BCUT2D eigenvalue weighted by Gasteiger charge is 2.34. The summed E-state index contributed by atoms with van der Waals surface area (Å²) in [4.78, 5) is 39.8. The number of carbonyl (C=O) groups is 3. The Bertz CT molecular complexity index is 1210. The standard InChI is InChI=1S/C21H30N2O4/c1-12(2)19(25)17(24)10-13(3)20(26)22-18-16-9-7-6-8-15(16)11-14(4)23(5)21(18)27/h6-9,12-14,18-19,25H,10-11H2,1-5H3,(H,22,26)/t13-,14?,18+,19+/m1/s1/i1D3,6D,7D,8D,9D,11D2,12D,14D,19D/t12?,13-,14?,18+,19+. The van der Waals surface area contributed by atoms with E-state index in [2.05, 4.69) is 5.32 Å². The quantitative estimate of drug-likeness (QED) is 0.781. The SMILES string of the molecule is [2H]c1c([2H])c([2H])c2c(c1[2H])[C@H](NC(=O)[C@H](C)CC(=O)[C@@]([2H])(O)C([2H])(C)C([2H])([2H])[2H])C(=O)N(C)C([2H])(C)C2([2H])[2H]. The van der Waals surface area contributed by atoms with Crippen LogP contribution in [0.1, 0.15) is 67.7 Å². The third-order valence-corrected chi connectivity index (χ3v) is 4.24. The lowest BCUT2D eigenvalue weighted by Crippen LogP contribution is -2.44. The third-order valence-electron chi connectivity index (χ3n) is 4.24. The number of amides is 2. The van der Waals surface area contributed by atoms with Gasteiger partial charge in [0.1, 0.15) is 12.1 Å². The molecule has 1 aromatic carbocycles. The molecule has 148 valence electrons. The highest BCUT2D eigenvalue weighted by molar-refractivity contribution is 5.93. The molecule has 0 saturated heterocycles. The highest BCUT2D eigenvalue weighted by atomic mass is 16.3. The van der Waals surface area contributed by atoms with Crippen molar-refractivity contribution in [1.29, 1.82) is 0 Å². The number of hydrogen-bond donors (Lipinski definition) is 2. The van der Waals surface area contributed by atoms with Crippen molar-refractivity contribution in [2.75, 3.05) is 7.05 Å². The molecule has 2 unspecified atom stereocenters. The van der Waals surface area contributed by atoms with Crippen LogP contribution in [0.4, 0.5) is 0 Å². The van der Waals surface area contributed by atoms with Crippen molar-refractivity contribution in [3.63, 3.8) is 0 Å². The van der Waals surface area contributed by atoms with Crippen LogP contribution in [0.2, 0.25) is 0 Å². The van der Waals surface area contributed by atoms with Crippen LogP contribution in [0, 0.1) is 11.8 Å². The van der Waals surface area contributed by atoms with Crippen molar-refractivity contribution in [2.45, 2.75) is 58.6 Å². The van der Waals surface area contributed by atoms with Crippen LogP contribution in [-0.2, 0) is 20.8 Å². The Morgan fingerprint density at radius 3 is 2.85 bits per heavy atom. The van der Waals surface area contributed by atoms with E-state index in [9.17, 15) is 19.5 Å². The number of hydrogen-bond acceptors (Lipinski definition) is 4. The second kappa shape index (κ2) is 8.65. The number of ketones is 1. The monoisotopic (exact) mass is 386 g/mol. The van der Waals surface area contributed by atoms with Crippen LogP contribution in [0.5, 0.6) is 0 Å². The second-order valence-corrected chi connectivity index (χ2v) is 6.34. The zero-order chi connectivity index (χ0) is 30.8. The van der Waals surface area contributed by atoms with Gasteiger partial charge in [0.05, 0.1) is 8.22 Å². The maximum Gasteiger partial charge on any atom is 0.249 e. The smallest absolute Gasteiger partial charge is 0.249 e. The number of nitrogens with zero attached hydrogens (tertiary/aromatic N) is 1. The molecule has 0 aliphatic carbocycles.